The SMILES string of the molecule is CNCC(C)c1nc(-c2ccc(C)c(C)c2)cs1. The van der Waals surface area contributed by atoms with E-state index in [2.05, 4.69) is 49.7 Å². The number of aromatic nitrogens is 1. The van der Waals surface area contributed by atoms with Crippen LogP contribution in [0, 0.1) is 13.8 Å². The quantitative estimate of drug-likeness (QED) is 0.905. The van der Waals surface area contributed by atoms with E-state index in [-0.39, 0.29) is 0 Å². The number of nitrogens with one attached hydrogen (secondary N) is 1. The second kappa shape index (κ2) is 5.63. The Bertz CT molecular complexity index is 531. The number of hydrogen-bond donors (Lipinski definition) is 1. The molecular weight excluding hydrogens is 240 g/mol. The number of nitrogens with zero attached hydrogens (tertiary/aromatic N) is 1. The van der Waals surface area contributed by atoms with Crippen molar-refractivity contribution in [2.24, 2.45) is 0 Å². The van der Waals surface area contributed by atoms with Crippen molar-refractivity contribution in [3.05, 3.63) is 39.7 Å². The summed E-state index contributed by atoms with van der Waals surface area (Å²) in [7, 11) is 1.98. The summed E-state index contributed by atoms with van der Waals surface area (Å²) in [5, 5.41) is 6.56. The summed E-state index contributed by atoms with van der Waals surface area (Å²) in [4.78, 5) is 4.75. The number of benzene rings is 1. The maximum atomic E-state index is 4.75. The van der Waals surface area contributed by atoms with Crippen LogP contribution >= 0.6 is 11.3 Å². The first-order valence-electron chi connectivity index (χ1n) is 6.29. The summed E-state index contributed by atoms with van der Waals surface area (Å²) in [6.45, 7) is 7.47. The Morgan fingerprint density at radius 1 is 1.28 bits per heavy atom. The van der Waals surface area contributed by atoms with Gasteiger partial charge in [0.1, 0.15) is 0 Å². The Kier molecular flexibility index (Phi) is 4.15. The van der Waals surface area contributed by atoms with E-state index in [4.69, 9.17) is 4.98 Å². The molecule has 0 spiro atoms. The van der Waals surface area contributed by atoms with Gasteiger partial charge in [-0.1, -0.05) is 19.1 Å². The molecule has 2 rings (SSSR count). The largest absolute Gasteiger partial charge is 0.319 e. The molecule has 0 aliphatic carbocycles. The van der Waals surface area contributed by atoms with Crippen LogP contribution in [-0.4, -0.2) is 18.6 Å². The van der Waals surface area contributed by atoms with E-state index in [0.29, 0.717) is 5.92 Å². The molecule has 0 saturated carbocycles. The highest BCUT2D eigenvalue weighted by Gasteiger charge is 2.11. The van der Waals surface area contributed by atoms with Gasteiger partial charge in [-0.2, -0.15) is 0 Å². The van der Waals surface area contributed by atoms with E-state index in [9.17, 15) is 0 Å². The summed E-state index contributed by atoms with van der Waals surface area (Å²) in [5.74, 6) is 0.472. The van der Waals surface area contributed by atoms with Crippen molar-refractivity contribution in [1.29, 1.82) is 0 Å². The highest BCUT2D eigenvalue weighted by molar-refractivity contribution is 7.10. The standard InChI is InChI=1S/C15H20N2S/c1-10-5-6-13(7-11(10)2)14-9-18-15(17-14)12(3)8-16-4/h5-7,9,12,16H,8H2,1-4H3. The number of likely N-dealkylation sites (N-methyl/N-ethyl adjacent to an activating group) is 1. The summed E-state index contributed by atoms with van der Waals surface area (Å²) in [6.07, 6.45) is 0. The third-order valence-corrected chi connectivity index (χ3v) is 4.33. The Labute approximate surface area is 113 Å². The van der Waals surface area contributed by atoms with Gasteiger partial charge in [0.2, 0.25) is 0 Å². The molecule has 0 aliphatic heterocycles. The minimum absolute atomic E-state index is 0.472. The zero-order chi connectivity index (χ0) is 13.1. The maximum Gasteiger partial charge on any atom is 0.0973 e. The molecule has 96 valence electrons. The third kappa shape index (κ3) is 2.79. The average Bonchev–Trinajstić information content (AvgIpc) is 2.82. The molecule has 1 heterocycles. The smallest absolute Gasteiger partial charge is 0.0973 e. The molecule has 2 nitrogen and oxygen atoms in total. The molecule has 0 amide bonds. The zero-order valence-corrected chi connectivity index (χ0v) is 12.3. The fourth-order valence-electron chi connectivity index (χ4n) is 1.94. The van der Waals surface area contributed by atoms with E-state index in [0.717, 1.165) is 12.2 Å². The first kappa shape index (κ1) is 13.2. The van der Waals surface area contributed by atoms with Gasteiger partial charge in [-0.15, -0.1) is 11.3 Å². The van der Waals surface area contributed by atoms with Gasteiger partial charge in [0, 0.05) is 23.4 Å². The molecular formula is C15H20N2S. The van der Waals surface area contributed by atoms with Gasteiger partial charge >= 0.3 is 0 Å². The van der Waals surface area contributed by atoms with Crippen LogP contribution in [0.5, 0.6) is 0 Å². The molecule has 1 aromatic carbocycles. The van der Waals surface area contributed by atoms with Crippen molar-refractivity contribution >= 4 is 11.3 Å². The van der Waals surface area contributed by atoms with Gasteiger partial charge in [-0.05, 0) is 38.1 Å². The van der Waals surface area contributed by atoms with Crippen molar-refractivity contribution in [3.8, 4) is 11.3 Å². The molecule has 1 aromatic heterocycles. The number of thiazole rings is 1. The van der Waals surface area contributed by atoms with Crippen LogP contribution in [0.3, 0.4) is 0 Å². The summed E-state index contributed by atoms with van der Waals surface area (Å²) >= 11 is 1.75. The van der Waals surface area contributed by atoms with E-state index < -0.39 is 0 Å². The summed E-state index contributed by atoms with van der Waals surface area (Å²) < 4.78 is 0. The molecule has 2 aromatic rings. The topological polar surface area (TPSA) is 24.9 Å². The van der Waals surface area contributed by atoms with Gasteiger partial charge in [0.25, 0.3) is 0 Å². The molecule has 1 unspecified atom stereocenters. The highest BCUT2D eigenvalue weighted by atomic mass is 32.1. The minimum Gasteiger partial charge on any atom is -0.319 e. The van der Waals surface area contributed by atoms with E-state index in [1.54, 1.807) is 11.3 Å². The first-order valence-corrected chi connectivity index (χ1v) is 7.17. The van der Waals surface area contributed by atoms with Gasteiger partial charge in [-0.3, -0.25) is 0 Å². The number of hydrogen-bond acceptors (Lipinski definition) is 3. The minimum atomic E-state index is 0.472. The first-order chi connectivity index (χ1) is 8.61. The molecule has 0 bridgehead atoms. The van der Waals surface area contributed by atoms with Crippen LogP contribution in [-0.2, 0) is 0 Å². The number of rotatable bonds is 4. The molecule has 1 atom stereocenters. The van der Waals surface area contributed by atoms with Gasteiger partial charge in [0.05, 0.1) is 10.7 Å². The molecule has 0 radical (unpaired) electrons. The maximum absolute atomic E-state index is 4.75. The molecule has 0 saturated heterocycles. The fraction of sp³-hybridized carbons (Fsp3) is 0.400. The second-order valence-electron chi connectivity index (χ2n) is 4.83. The van der Waals surface area contributed by atoms with Gasteiger partial charge < -0.3 is 5.32 Å². The van der Waals surface area contributed by atoms with Gasteiger partial charge in [0.15, 0.2) is 0 Å². The van der Waals surface area contributed by atoms with E-state index in [1.807, 2.05) is 7.05 Å². The molecule has 0 fully saturated rings. The Morgan fingerprint density at radius 2 is 2.06 bits per heavy atom. The van der Waals surface area contributed by atoms with E-state index >= 15 is 0 Å². The predicted octanol–water partition coefficient (Wildman–Crippen LogP) is 3.75. The molecule has 3 heteroatoms. The summed E-state index contributed by atoms with van der Waals surface area (Å²) in [5.41, 5.74) is 4.97. The third-order valence-electron chi connectivity index (χ3n) is 3.26. The Morgan fingerprint density at radius 3 is 2.72 bits per heavy atom. The Balaban J connectivity index is 2.26. The van der Waals surface area contributed by atoms with Crippen LogP contribution in [0.1, 0.15) is 29.0 Å². The van der Waals surface area contributed by atoms with Crippen molar-refractivity contribution in [3.63, 3.8) is 0 Å². The second-order valence-corrected chi connectivity index (χ2v) is 5.72. The van der Waals surface area contributed by atoms with Crippen molar-refractivity contribution in [2.45, 2.75) is 26.7 Å². The lowest BCUT2D eigenvalue weighted by Gasteiger charge is -2.06. The van der Waals surface area contributed by atoms with Crippen LogP contribution in [0.15, 0.2) is 23.6 Å². The molecule has 0 aliphatic rings. The monoisotopic (exact) mass is 260 g/mol. The van der Waals surface area contributed by atoms with E-state index in [1.165, 1.54) is 21.7 Å². The zero-order valence-electron chi connectivity index (χ0n) is 11.4. The lowest BCUT2D eigenvalue weighted by Crippen LogP contribution is -2.14. The summed E-state index contributed by atoms with van der Waals surface area (Å²) in [6, 6.07) is 6.54. The normalized spacial score (nSPS) is 12.7. The molecule has 18 heavy (non-hydrogen) atoms. The molecule has 1 N–H and O–H groups in total. The van der Waals surface area contributed by atoms with Crippen LogP contribution < -0.4 is 5.32 Å². The van der Waals surface area contributed by atoms with Crippen molar-refractivity contribution in [1.82, 2.24) is 10.3 Å². The van der Waals surface area contributed by atoms with Crippen molar-refractivity contribution in [2.75, 3.05) is 13.6 Å². The average molecular weight is 260 g/mol. The highest BCUT2D eigenvalue weighted by Crippen LogP contribution is 2.27. The van der Waals surface area contributed by atoms with Crippen LogP contribution in [0.25, 0.3) is 11.3 Å². The number of aryl methyl sites for hydroxylation is 2. The Hall–Kier alpha value is -1.19. The van der Waals surface area contributed by atoms with Crippen LogP contribution in [0.4, 0.5) is 0 Å². The van der Waals surface area contributed by atoms with Crippen LogP contribution in [0.2, 0.25) is 0 Å². The lowest BCUT2D eigenvalue weighted by atomic mass is 10.0. The van der Waals surface area contributed by atoms with Gasteiger partial charge in [-0.25, -0.2) is 4.98 Å². The fourth-order valence-corrected chi connectivity index (χ4v) is 2.83. The predicted molar refractivity (Wildman–Crippen MR) is 79.4 cm³/mol. The lowest BCUT2D eigenvalue weighted by molar-refractivity contribution is 0.674. The van der Waals surface area contributed by atoms with Crippen molar-refractivity contribution < 1.29 is 0 Å².